The Bertz CT molecular complexity index is 460. The molecule has 0 saturated carbocycles. The van der Waals surface area contributed by atoms with Crippen LogP contribution in [0, 0.1) is 0 Å². The third-order valence-corrected chi connectivity index (χ3v) is 2.49. The highest BCUT2D eigenvalue weighted by Gasteiger charge is 2.10. The van der Waals surface area contributed by atoms with Crippen molar-refractivity contribution >= 4 is 17.5 Å². The van der Waals surface area contributed by atoms with Gasteiger partial charge in [-0.15, -0.1) is 0 Å². The van der Waals surface area contributed by atoms with E-state index in [0.29, 0.717) is 6.54 Å². The summed E-state index contributed by atoms with van der Waals surface area (Å²) in [5, 5.41) is 14.6. The summed E-state index contributed by atoms with van der Waals surface area (Å²) >= 11 is 0. The molecular formula is C13H19N3O3. The minimum atomic E-state index is -0.406. The number of carbonyl (C=O) groups is 2. The number of aromatic hydroxyl groups is 1. The molecule has 1 rings (SSSR count). The summed E-state index contributed by atoms with van der Waals surface area (Å²) in [6.07, 6.45) is 1.09. The number of nitrogens with one attached hydrogen (secondary N) is 2. The van der Waals surface area contributed by atoms with Crippen LogP contribution in [0.15, 0.2) is 18.2 Å². The van der Waals surface area contributed by atoms with Gasteiger partial charge in [0.05, 0.1) is 5.56 Å². The maximum Gasteiger partial charge on any atom is 0.253 e. The van der Waals surface area contributed by atoms with Crippen molar-refractivity contribution in [3.63, 3.8) is 0 Å². The van der Waals surface area contributed by atoms with E-state index in [4.69, 9.17) is 5.73 Å². The van der Waals surface area contributed by atoms with Crippen LogP contribution in [0.5, 0.6) is 5.75 Å². The summed E-state index contributed by atoms with van der Waals surface area (Å²) in [5.41, 5.74) is 6.12. The van der Waals surface area contributed by atoms with Crippen LogP contribution >= 0.6 is 0 Å². The third-order valence-electron chi connectivity index (χ3n) is 2.49. The molecule has 0 spiro atoms. The molecule has 0 aliphatic carbocycles. The first-order chi connectivity index (χ1) is 9.04. The van der Waals surface area contributed by atoms with Crippen molar-refractivity contribution in [3.05, 3.63) is 23.8 Å². The van der Waals surface area contributed by atoms with Crippen LogP contribution in [-0.2, 0) is 4.79 Å². The second-order valence-corrected chi connectivity index (χ2v) is 4.13. The molecule has 104 valence electrons. The van der Waals surface area contributed by atoms with Crippen LogP contribution in [0.3, 0.4) is 0 Å². The van der Waals surface area contributed by atoms with Crippen LogP contribution < -0.4 is 16.4 Å². The minimum Gasteiger partial charge on any atom is -0.508 e. The fourth-order valence-corrected chi connectivity index (χ4v) is 1.48. The van der Waals surface area contributed by atoms with Gasteiger partial charge in [-0.05, 0) is 24.6 Å². The highest BCUT2D eigenvalue weighted by atomic mass is 16.3. The van der Waals surface area contributed by atoms with Gasteiger partial charge >= 0.3 is 0 Å². The van der Waals surface area contributed by atoms with Gasteiger partial charge < -0.3 is 21.5 Å². The number of nitrogen functional groups attached to an aromatic ring is 1. The van der Waals surface area contributed by atoms with Gasteiger partial charge in [-0.1, -0.05) is 6.92 Å². The summed E-state index contributed by atoms with van der Waals surface area (Å²) in [6.45, 7) is 2.82. The van der Waals surface area contributed by atoms with E-state index in [1.807, 2.05) is 6.92 Å². The smallest absolute Gasteiger partial charge is 0.253 e. The molecule has 2 amide bonds. The van der Waals surface area contributed by atoms with Crippen molar-refractivity contribution in [3.8, 4) is 5.75 Å². The monoisotopic (exact) mass is 265 g/mol. The number of benzene rings is 1. The van der Waals surface area contributed by atoms with E-state index in [0.717, 1.165) is 6.42 Å². The molecule has 1 aromatic rings. The maximum absolute atomic E-state index is 11.8. The zero-order chi connectivity index (χ0) is 14.3. The molecule has 0 saturated heterocycles. The number of anilines is 1. The Balaban J connectivity index is 2.43. The first-order valence-corrected chi connectivity index (χ1v) is 6.18. The number of rotatable bonds is 6. The SMILES string of the molecule is CCCNC(=O)CCNC(=O)c1cc(O)ccc1N. The van der Waals surface area contributed by atoms with Gasteiger partial charge in [0, 0.05) is 25.2 Å². The van der Waals surface area contributed by atoms with E-state index in [1.54, 1.807) is 0 Å². The van der Waals surface area contributed by atoms with Gasteiger partial charge in [0.25, 0.3) is 5.91 Å². The molecule has 0 atom stereocenters. The zero-order valence-corrected chi connectivity index (χ0v) is 10.9. The molecule has 0 fully saturated rings. The number of phenolic OH excluding ortho intramolecular Hbond substituents is 1. The average molecular weight is 265 g/mol. The van der Waals surface area contributed by atoms with Crippen LogP contribution in [0.4, 0.5) is 5.69 Å². The van der Waals surface area contributed by atoms with Crippen molar-refractivity contribution in [1.82, 2.24) is 10.6 Å². The fourth-order valence-electron chi connectivity index (χ4n) is 1.48. The van der Waals surface area contributed by atoms with Gasteiger partial charge in [-0.3, -0.25) is 9.59 Å². The van der Waals surface area contributed by atoms with E-state index in [9.17, 15) is 14.7 Å². The van der Waals surface area contributed by atoms with Gasteiger partial charge in [0.1, 0.15) is 5.75 Å². The lowest BCUT2D eigenvalue weighted by atomic mass is 10.1. The molecule has 5 N–H and O–H groups in total. The topological polar surface area (TPSA) is 104 Å². The Morgan fingerprint density at radius 2 is 2.00 bits per heavy atom. The van der Waals surface area contributed by atoms with Crippen molar-refractivity contribution in [2.24, 2.45) is 0 Å². The summed E-state index contributed by atoms with van der Waals surface area (Å²) < 4.78 is 0. The fraction of sp³-hybridized carbons (Fsp3) is 0.385. The van der Waals surface area contributed by atoms with Crippen LogP contribution in [0.1, 0.15) is 30.1 Å². The Labute approximate surface area is 112 Å². The van der Waals surface area contributed by atoms with Crippen molar-refractivity contribution in [2.45, 2.75) is 19.8 Å². The van der Waals surface area contributed by atoms with E-state index in [1.165, 1.54) is 18.2 Å². The zero-order valence-electron chi connectivity index (χ0n) is 10.9. The minimum absolute atomic E-state index is 0.0277. The first-order valence-electron chi connectivity index (χ1n) is 6.18. The largest absolute Gasteiger partial charge is 0.508 e. The molecule has 0 bridgehead atoms. The molecular weight excluding hydrogens is 246 g/mol. The first kappa shape index (κ1) is 14.8. The lowest BCUT2D eigenvalue weighted by molar-refractivity contribution is -0.120. The van der Waals surface area contributed by atoms with E-state index >= 15 is 0 Å². The number of amides is 2. The third kappa shape index (κ3) is 4.87. The van der Waals surface area contributed by atoms with E-state index < -0.39 is 5.91 Å². The highest BCUT2D eigenvalue weighted by Crippen LogP contribution is 2.18. The van der Waals surface area contributed by atoms with Crippen LogP contribution in [0.2, 0.25) is 0 Å². The maximum atomic E-state index is 11.8. The molecule has 0 unspecified atom stereocenters. The predicted octanol–water partition coefficient (Wildman–Crippen LogP) is 0.620. The van der Waals surface area contributed by atoms with Gasteiger partial charge in [-0.2, -0.15) is 0 Å². The van der Waals surface area contributed by atoms with Gasteiger partial charge in [-0.25, -0.2) is 0 Å². The van der Waals surface area contributed by atoms with Crippen molar-refractivity contribution in [1.29, 1.82) is 0 Å². The molecule has 6 heteroatoms. The Kier molecular flexibility index (Phi) is 5.66. The summed E-state index contributed by atoms with van der Waals surface area (Å²) in [4.78, 5) is 23.1. The number of hydrogen-bond acceptors (Lipinski definition) is 4. The summed E-state index contributed by atoms with van der Waals surface area (Å²) in [7, 11) is 0. The number of phenols is 1. The molecule has 19 heavy (non-hydrogen) atoms. The second-order valence-electron chi connectivity index (χ2n) is 4.13. The molecule has 0 aliphatic rings. The summed E-state index contributed by atoms with van der Waals surface area (Å²) in [6, 6.07) is 4.16. The highest BCUT2D eigenvalue weighted by molar-refractivity contribution is 5.99. The standard InChI is InChI=1S/C13H19N3O3/c1-2-6-15-12(18)5-7-16-13(19)10-8-9(17)3-4-11(10)14/h3-4,8,17H,2,5-7,14H2,1H3,(H,15,18)(H,16,19). The van der Waals surface area contributed by atoms with Crippen LogP contribution in [-0.4, -0.2) is 30.0 Å². The van der Waals surface area contributed by atoms with Crippen molar-refractivity contribution < 1.29 is 14.7 Å². The Hall–Kier alpha value is -2.24. The normalized spacial score (nSPS) is 9.95. The lowest BCUT2D eigenvalue weighted by Crippen LogP contribution is -2.31. The van der Waals surface area contributed by atoms with Crippen LogP contribution in [0.25, 0.3) is 0 Å². The van der Waals surface area contributed by atoms with Gasteiger partial charge in [0.2, 0.25) is 5.91 Å². The van der Waals surface area contributed by atoms with Crippen molar-refractivity contribution in [2.75, 3.05) is 18.8 Å². The Morgan fingerprint density at radius 1 is 1.26 bits per heavy atom. The number of hydrogen-bond donors (Lipinski definition) is 4. The van der Waals surface area contributed by atoms with E-state index in [2.05, 4.69) is 10.6 Å². The molecule has 0 aromatic heterocycles. The number of nitrogens with two attached hydrogens (primary N) is 1. The summed E-state index contributed by atoms with van der Waals surface area (Å²) in [5.74, 6) is -0.539. The second kappa shape index (κ2) is 7.25. The Morgan fingerprint density at radius 3 is 2.68 bits per heavy atom. The molecule has 1 aromatic carbocycles. The molecule has 0 radical (unpaired) electrons. The molecule has 6 nitrogen and oxygen atoms in total. The van der Waals surface area contributed by atoms with E-state index in [-0.39, 0.29) is 35.9 Å². The molecule has 0 aliphatic heterocycles. The molecule has 0 heterocycles. The quantitative estimate of drug-likeness (QED) is 0.447. The predicted molar refractivity (Wildman–Crippen MR) is 72.8 cm³/mol. The average Bonchev–Trinajstić information content (AvgIpc) is 2.39. The lowest BCUT2D eigenvalue weighted by Gasteiger charge is -2.08. The van der Waals surface area contributed by atoms with Gasteiger partial charge in [0.15, 0.2) is 0 Å². The number of carbonyl (C=O) groups excluding carboxylic acids is 2.